The summed E-state index contributed by atoms with van der Waals surface area (Å²) in [5.74, 6) is 0.841. The number of carbonyl (C=O) groups excluding carboxylic acids is 1. The minimum atomic E-state index is 0.0251. The molecular formula is C26H20O2. The first-order valence-corrected chi connectivity index (χ1v) is 9.20. The van der Waals surface area contributed by atoms with Gasteiger partial charge in [0, 0.05) is 5.57 Å². The highest BCUT2D eigenvalue weighted by Crippen LogP contribution is 2.29. The van der Waals surface area contributed by atoms with Gasteiger partial charge in [-0.2, -0.15) is 0 Å². The summed E-state index contributed by atoms with van der Waals surface area (Å²) in [6.45, 7) is 0. The molecule has 0 fully saturated rings. The number of fused-ring (bicyclic) bond motifs is 1. The zero-order valence-corrected chi connectivity index (χ0v) is 15.6. The van der Waals surface area contributed by atoms with E-state index in [0.29, 0.717) is 5.57 Å². The van der Waals surface area contributed by atoms with Crippen molar-refractivity contribution in [2.45, 2.75) is 0 Å². The number of carbonyl (C=O) groups is 1. The number of allylic oxidation sites excluding steroid dienone is 4. The minimum Gasteiger partial charge on any atom is -0.497 e. The zero-order valence-electron chi connectivity index (χ0n) is 15.6. The fraction of sp³-hybridized carbons (Fsp3) is 0.0385. The SMILES string of the molecule is COc1ccc(/C(=C\C=C2/C(=O)C=Cc3ccccc32)c2ccccc2)cc1. The van der Waals surface area contributed by atoms with E-state index in [4.69, 9.17) is 4.74 Å². The van der Waals surface area contributed by atoms with Crippen LogP contribution in [0.4, 0.5) is 0 Å². The van der Waals surface area contributed by atoms with Gasteiger partial charge >= 0.3 is 0 Å². The molecule has 0 aromatic heterocycles. The lowest BCUT2D eigenvalue weighted by Crippen LogP contribution is -2.04. The number of benzene rings is 3. The first kappa shape index (κ1) is 17.7. The van der Waals surface area contributed by atoms with Gasteiger partial charge in [0.2, 0.25) is 0 Å². The predicted octanol–water partition coefficient (Wildman–Crippen LogP) is 5.81. The summed E-state index contributed by atoms with van der Waals surface area (Å²) in [7, 11) is 1.66. The largest absolute Gasteiger partial charge is 0.497 e. The number of ketones is 1. The molecule has 0 N–H and O–H groups in total. The molecule has 0 saturated carbocycles. The molecule has 0 heterocycles. The maximum atomic E-state index is 12.5. The van der Waals surface area contributed by atoms with Gasteiger partial charge in [-0.25, -0.2) is 0 Å². The van der Waals surface area contributed by atoms with E-state index in [1.54, 1.807) is 13.2 Å². The van der Waals surface area contributed by atoms with Crippen molar-refractivity contribution < 1.29 is 9.53 Å². The van der Waals surface area contributed by atoms with E-state index in [1.165, 1.54) is 0 Å². The summed E-state index contributed by atoms with van der Waals surface area (Å²) in [4.78, 5) is 12.5. The third kappa shape index (κ3) is 3.58. The molecule has 28 heavy (non-hydrogen) atoms. The van der Waals surface area contributed by atoms with Gasteiger partial charge in [0.15, 0.2) is 5.78 Å². The molecule has 2 heteroatoms. The number of methoxy groups -OCH3 is 1. The summed E-state index contributed by atoms with van der Waals surface area (Å²) < 4.78 is 5.28. The maximum absolute atomic E-state index is 12.5. The normalized spacial score (nSPS) is 14.8. The van der Waals surface area contributed by atoms with Crippen molar-refractivity contribution in [2.24, 2.45) is 0 Å². The van der Waals surface area contributed by atoms with Crippen LogP contribution in [0, 0.1) is 0 Å². The van der Waals surface area contributed by atoms with Gasteiger partial charge in [0.05, 0.1) is 7.11 Å². The molecule has 0 saturated heterocycles. The lowest BCUT2D eigenvalue weighted by molar-refractivity contribution is -0.109. The van der Waals surface area contributed by atoms with Gasteiger partial charge in [-0.05, 0) is 52.1 Å². The van der Waals surface area contributed by atoms with Gasteiger partial charge in [-0.3, -0.25) is 4.79 Å². The van der Waals surface area contributed by atoms with Crippen LogP contribution in [-0.2, 0) is 4.79 Å². The van der Waals surface area contributed by atoms with Crippen LogP contribution in [-0.4, -0.2) is 12.9 Å². The van der Waals surface area contributed by atoms with E-state index in [-0.39, 0.29) is 5.78 Å². The summed E-state index contributed by atoms with van der Waals surface area (Å²) in [6, 6.07) is 26.1. The van der Waals surface area contributed by atoms with Crippen LogP contribution in [0.2, 0.25) is 0 Å². The summed E-state index contributed by atoms with van der Waals surface area (Å²) in [5, 5.41) is 0. The van der Waals surface area contributed by atoms with E-state index < -0.39 is 0 Å². The molecule has 0 atom stereocenters. The molecule has 1 aliphatic carbocycles. The standard InChI is InChI=1S/C26H20O2/c1-28-22-14-11-21(12-15-22)23(19-7-3-2-4-8-19)16-17-25-24-10-6-5-9-20(24)13-18-26(25)27/h2-18H,1H3/b23-16-,25-17-. The first-order valence-electron chi connectivity index (χ1n) is 9.20. The van der Waals surface area contributed by atoms with E-state index >= 15 is 0 Å². The monoisotopic (exact) mass is 364 g/mol. The van der Waals surface area contributed by atoms with Gasteiger partial charge in [-0.1, -0.05) is 78.9 Å². The van der Waals surface area contributed by atoms with Crippen molar-refractivity contribution in [3.63, 3.8) is 0 Å². The Balaban J connectivity index is 1.82. The second-order valence-corrected chi connectivity index (χ2v) is 6.54. The van der Waals surface area contributed by atoms with E-state index in [2.05, 4.69) is 12.1 Å². The Morgan fingerprint density at radius 2 is 1.46 bits per heavy atom. The minimum absolute atomic E-state index is 0.0251. The van der Waals surface area contributed by atoms with Gasteiger partial charge < -0.3 is 4.74 Å². The van der Waals surface area contributed by atoms with E-state index in [1.807, 2.05) is 85.0 Å². The smallest absolute Gasteiger partial charge is 0.186 e. The number of ether oxygens (including phenoxy) is 1. The fourth-order valence-electron chi connectivity index (χ4n) is 3.36. The van der Waals surface area contributed by atoms with Gasteiger partial charge in [-0.15, -0.1) is 0 Å². The van der Waals surface area contributed by atoms with Crippen LogP contribution in [0.15, 0.2) is 97.1 Å². The quantitative estimate of drug-likeness (QED) is 0.546. The van der Waals surface area contributed by atoms with E-state index in [0.717, 1.165) is 33.6 Å². The van der Waals surface area contributed by atoms with Crippen molar-refractivity contribution in [3.8, 4) is 5.75 Å². The van der Waals surface area contributed by atoms with Crippen LogP contribution in [0.5, 0.6) is 5.75 Å². The average molecular weight is 364 g/mol. The number of hydrogen-bond acceptors (Lipinski definition) is 2. The molecule has 0 aliphatic heterocycles. The van der Waals surface area contributed by atoms with Crippen molar-refractivity contribution in [1.29, 1.82) is 0 Å². The highest BCUT2D eigenvalue weighted by Gasteiger charge is 2.16. The Kier molecular flexibility index (Phi) is 5.03. The van der Waals surface area contributed by atoms with Crippen LogP contribution >= 0.6 is 0 Å². The Labute approximate surface area is 165 Å². The summed E-state index contributed by atoms with van der Waals surface area (Å²) >= 11 is 0. The molecule has 3 aromatic rings. The topological polar surface area (TPSA) is 26.3 Å². The van der Waals surface area contributed by atoms with Crippen LogP contribution in [0.3, 0.4) is 0 Å². The molecular weight excluding hydrogens is 344 g/mol. The molecule has 0 radical (unpaired) electrons. The van der Waals surface area contributed by atoms with Crippen LogP contribution in [0.25, 0.3) is 17.2 Å². The molecule has 2 nitrogen and oxygen atoms in total. The molecule has 0 amide bonds. The Morgan fingerprint density at radius 3 is 2.21 bits per heavy atom. The van der Waals surface area contributed by atoms with Crippen molar-refractivity contribution in [3.05, 3.63) is 119 Å². The number of hydrogen-bond donors (Lipinski definition) is 0. The highest BCUT2D eigenvalue weighted by atomic mass is 16.5. The Bertz CT molecular complexity index is 1080. The first-order chi connectivity index (χ1) is 13.8. The van der Waals surface area contributed by atoms with E-state index in [9.17, 15) is 4.79 Å². The zero-order chi connectivity index (χ0) is 19.3. The lowest BCUT2D eigenvalue weighted by Gasteiger charge is -2.13. The molecule has 0 unspecified atom stereocenters. The van der Waals surface area contributed by atoms with Crippen molar-refractivity contribution in [1.82, 2.24) is 0 Å². The van der Waals surface area contributed by atoms with Crippen LogP contribution in [0.1, 0.15) is 22.3 Å². The summed E-state index contributed by atoms with van der Waals surface area (Å²) in [6.07, 6.45) is 7.47. The molecule has 0 spiro atoms. The fourth-order valence-corrected chi connectivity index (χ4v) is 3.36. The van der Waals surface area contributed by atoms with Crippen molar-refractivity contribution >= 4 is 23.0 Å². The highest BCUT2D eigenvalue weighted by molar-refractivity contribution is 6.30. The molecule has 4 rings (SSSR count). The molecule has 3 aromatic carbocycles. The average Bonchev–Trinajstić information content (AvgIpc) is 2.76. The molecule has 136 valence electrons. The molecule has 1 aliphatic rings. The number of rotatable bonds is 4. The van der Waals surface area contributed by atoms with Gasteiger partial charge in [0.1, 0.15) is 5.75 Å². The third-order valence-electron chi connectivity index (χ3n) is 4.83. The Hall–Kier alpha value is -3.65. The lowest BCUT2D eigenvalue weighted by atomic mass is 9.90. The van der Waals surface area contributed by atoms with Crippen LogP contribution < -0.4 is 4.74 Å². The third-order valence-corrected chi connectivity index (χ3v) is 4.83. The summed E-state index contributed by atoms with van der Waals surface area (Å²) in [5.41, 5.74) is 5.95. The Morgan fingerprint density at radius 1 is 0.786 bits per heavy atom. The predicted molar refractivity (Wildman–Crippen MR) is 115 cm³/mol. The second kappa shape index (κ2) is 7.93. The van der Waals surface area contributed by atoms with Gasteiger partial charge in [0.25, 0.3) is 0 Å². The molecule has 0 bridgehead atoms. The van der Waals surface area contributed by atoms with Crippen molar-refractivity contribution in [2.75, 3.05) is 7.11 Å². The maximum Gasteiger partial charge on any atom is 0.186 e. The second-order valence-electron chi connectivity index (χ2n) is 6.54.